The molecule has 3 rings (SSSR count). The molecule has 1 aromatic rings. The molecule has 1 aliphatic carbocycles. The van der Waals surface area contributed by atoms with Crippen LogP contribution in [0.5, 0.6) is 0 Å². The van der Waals surface area contributed by atoms with Gasteiger partial charge in [0.2, 0.25) is 0 Å². The molecule has 0 spiro atoms. The maximum absolute atomic E-state index is 12.1. The summed E-state index contributed by atoms with van der Waals surface area (Å²) in [6.07, 6.45) is 4.67. The van der Waals surface area contributed by atoms with Gasteiger partial charge >= 0.3 is 0 Å². The number of nitrogens with one attached hydrogen (secondary N) is 3. The van der Waals surface area contributed by atoms with Crippen molar-refractivity contribution in [2.24, 2.45) is 0 Å². The fourth-order valence-corrected chi connectivity index (χ4v) is 3.05. The Morgan fingerprint density at radius 2 is 1.71 bits per heavy atom. The highest BCUT2D eigenvalue weighted by atomic mass is 16.2. The Bertz CT molecular complexity index is 577. The highest BCUT2D eigenvalue weighted by Crippen LogP contribution is 2.21. The number of hydrogen-bond donors (Lipinski definition) is 3. The van der Waals surface area contributed by atoms with E-state index in [1.54, 1.807) is 0 Å². The molecule has 1 saturated carbocycles. The number of benzene rings is 1. The minimum Gasteiger partial charge on any atom is -0.372 e. The minimum absolute atomic E-state index is 0.0257. The molecule has 130 valence electrons. The average molecular weight is 331 g/mol. The molecule has 2 fully saturated rings. The summed E-state index contributed by atoms with van der Waals surface area (Å²) in [4.78, 5) is 27.1. The number of hydrogen-bond acceptors (Lipinski definition) is 3. The van der Waals surface area contributed by atoms with Crippen LogP contribution in [0.2, 0.25) is 0 Å². The first-order valence-electron chi connectivity index (χ1n) is 8.86. The van der Waals surface area contributed by atoms with Gasteiger partial charge in [-0.25, -0.2) is 0 Å². The molecule has 1 heterocycles. The predicted octanol–water partition coefficient (Wildman–Crippen LogP) is 0.0186. The number of likely N-dealkylation sites (N-methyl/N-ethyl adjacent to an activating group) is 1. The van der Waals surface area contributed by atoms with Crippen LogP contribution in [0.4, 0.5) is 11.4 Å². The van der Waals surface area contributed by atoms with Gasteiger partial charge in [-0.1, -0.05) is 0 Å². The van der Waals surface area contributed by atoms with E-state index in [-0.39, 0.29) is 18.4 Å². The van der Waals surface area contributed by atoms with Crippen LogP contribution in [-0.2, 0) is 9.59 Å². The fraction of sp³-hybridized carbons (Fsp3) is 0.556. The van der Waals surface area contributed by atoms with E-state index < -0.39 is 0 Å². The Balaban J connectivity index is 1.42. The van der Waals surface area contributed by atoms with Gasteiger partial charge in [-0.3, -0.25) is 9.59 Å². The standard InChI is InChI=1S/C18H26N4O2/c1-21(12-17(23)19-14-4-5-14)13-18(24)20-15-6-8-16(9-7-15)22-10-2-3-11-22/h6-9,14H,2-5,10-13H2,1H3,(H,19,23)(H,20,24)/p+1. The number of carbonyl (C=O) groups excluding carboxylic acids is 2. The molecule has 1 aromatic carbocycles. The van der Waals surface area contributed by atoms with Crippen molar-refractivity contribution >= 4 is 23.2 Å². The molecule has 24 heavy (non-hydrogen) atoms. The Morgan fingerprint density at radius 3 is 2.33 bits per heavy atom. The van der Waals surface area contributed by atoms with Crippen LogP contribution < -0.4 is 20.4 Å². The lowest BCUT2D eigenvalue weighted by Gasteiger charge is -2.18. The summed E-state index contributed by atoms with van der Waals surface area (Å²) in [6, 6.07) is 8.37. The first kappa shape index (κ1) is 16.8. The van der Waals surface area contributed by atoms with Crippen LogP contribution in [0.25, 0.3) is 0 Å². The van der Waals surface area contributed by atoms with E-state index in [0.717, 1.165) is 36.5 Å². The second-order valence-corrected chi connectivity index (χ2v) is 6.94. The summed E-state index contributed by atoms with van der Waals surface area (Å²) in [7, 11) is 1.86. The van der Waals surface area contributed by atoms with Crippen molar-refractivity contribution in [2.75, 3.05) is 43.4 Å². The highest BCUT2D eigenvalue weighted by molar-refractivity contribution is 5.91. The van der Waals surface area contributed by atoms with Crippen LogP contribution in [0, 0.1) is 0 Å². The molecule has 2 amide bonds. The van der Waals surface area contributed by atoms with Crippen molar-refractivity contribution in [2.45, 2.75) is 31.7 Å². The third-order valence-electron chi connectivity index (χ3n) is 4.49. The topological polar surface area (TPSA) is 65.9 Å². The smallest absolute Gasteiger partial charge is 0.279 e. The number of carbonyl (C=O) groups is 2. The van der Waals surface area contributed by atoms with E-state index in [1.807, 2.05) is 19.2 Å². The Kier molecular flexibility index (Phi) is 5.35. The molecule has 0 radical (unpaired) electrons. The van der Waals surface area contributed by atoms with Gasteiger partial charge in [-0.05, 0) is 49.9 Å². The van der Waals surface area contributed by atoms with Crippen LogP contribution in [-0.4, -0.2) is 51.1 Å². The lowest BCUT2D eigenvalue weighted by molar-refractivity contribution is -0.862. The van der Waals surface area contributed by atoms with E-state index in [1.165, 1.54) is 18.5 Å². The van der Waals surface area contributed by atoms with Gasteiger partial charge in [0.25, 0.3) is 11.8 Å². The van der Waals surface area contributed by atoms with E-state index in [0.29, 0.717) is 12.6 Å². The number of rotatable bonds is 7. The first-order chi connectivity index (χ1) is 11.6. The van der Waals surface area contributed by atoms with E-state index in [4.69, 9.17) is 0 Å². The maximum Gasteiger partial charge on any atom is 0.279 e. The number of anilines is 2. The monoisotopic (exact) mass is 331 g/mol. The zero-order valence-electron chi connectivity index (χ0n) is 14.3. The zero-order valence-corrected chi connectivity index (χ0v) is 14.3. The molecule has 1 saturated heterocycles. The van der Waals surface area contributed by atoms with Crippen LogP contribution >= 0.6 is 0 Å². The Hall–Kier alpha value is -2.08. The van der Waals surface area contributed by atoms with Crippen molar-refractivity contribution in [3.05, 3.63) is 24.3 Å². The highest BCUT2D eigenvalue weighted by Gasteiger charge is 2.24. The van der Waals surface area contributed by atoms with Gasteiger partial charge in [-0.15, -0.1) is 0 Å². The van der Waals surface area contributed by atoms with E-state index in [2.05, 4.69) is 27.7 Å². The third kappa shape index (κ3) is 4.96. The van der Waals surface area contributed by atoms with Crippen molar-refractivity contribution in [3.63, 3.8) is 0 Å². The lowest BCUT2D eigenvalue weighted by atomic mass is 10.2. The molecule has 1 unspecified atom stereocenters. The predicted molar refractivity (Wildman–Crippen MR) is 94.3 cm³/mol. The Morgan fingerprint density at radius 1 is 1.08 bits per heavy atom. The normalized spacial score (nSPS) is 18.3. The minimum atomic E-state index is -0.0688. The summed E-state index contributed by atoms with van der Waals surface area (Å²) >= 11 is 0. The molecule has 6 nitrogen and oxygen atoms in total. The van der Waals surface area contributed by atoms with Gasteiger partial charge in [0.1, 0.15) is 0 Å². The molecule has 6 heteroatoms. The molecule has 1 atom stereocenters. The van der Waals surface area contributed by atoms with E-state index in [9.17, 15) is 9.59 Å². The summed E-state index contributed by atoms with van der Waals surface area (Å²) in [5.74, 6) is -0.0431. The SMILES string of the molecule is C[NH+](CC(=O)Nc1ccc(N2CCCC2)cc1)CC(=O)NC1CC1. The molecule has 0 bridgehead atoms. The second kappa shape index (κ2) is 7.66. The average Bonchev–Trinajstić information content (AvgIpc) is 3.17. The van der Waals surface area contributed by atoms with Gasteiger partial charge < -0.3 is 20.4 Å². The van der Waals surface area contributed by atoms with Gasteiger partial charge in [0.15, 0.2) is 13.1 Å². The van der Waals surface area contributed by atoms with Crippen LogP contribution in [0.1, 0.15) is 25.7 Å². The molecular formula is C18H27N4O2+. The summed E-state index contributed by atoms with van der Waals surface area (Å²) in [5.41, 5.74) is 2.02. The van der Waals surface area contributed by atoms with Gasteiger partial charge in [0, 0.05) is 30.5 Å². The molecule has 0 aromatic heterocycles. The lowest BCUT2D eigenvalue weighted by Crippen LogP contribution is -3.11. The summed E-state index contributed by atoms with van der Waals surface area (Å²) in [5, 5.41) is 5.85. The zero-order chi connectivity index (χ0) is 16.9. The molecule has 1 aliphatic heterocycles. The molecule has 3 N–H and O–H groups in total. The largest absolute Gasteiger partial charge is 0.372 e. The Labute approximate surface area is 143 Å². The van der Waals surface area contributed by atoms with Crippen LogP contribution in [0.3, 0.4) is 0 Å². The fourth-order valence-electron chi connectivity index (χ4n) is 3.05. The van der Waals surface area contributed by atoms with Crippen molar-refractivity contribution < 1.29 is 14.5 Å². The molecular weight excluding hydrogens is 304 g/mol. The third-order valence-corrected chi connectivity index (χ3v) is 4.49. The number of nitrogens with zero attached hydrogens (tertiary/aromatic N) is 1. The van der Waals surface area contributed by atoms with Crippen LogP contribution in [0.15, 0.2) is 24.3 Å². The van der Waals surface area contributed by atoms with Gasteiger partial charge in [0.05, 0.1) is 7.05 Å². The second-order valence-electron chi connectivity index (χ2n) is 6.94. The first-order valence-corrected chi connectivity index (χ1v) is 8.86. The number of quaternary nitrogens is 1. The van der Waals surface area contributed by atoms with Crippen molar-refractivity contribution in [1.29, 1.82) is 0 Å². The summed E-state index contributed by atoms with van der Waals surface area (Å²) < 4.78 is 0. The maximum atomic E-state index is 12.1. The molecule has 2 aliphatic rings. The van der Waals surface area contributed by atoms with E-state index >= 15 is 0 Å². The van der Waals surface area contributed by atoms with Crippen molar-refractivity contribution in [3.8, 4) is 0 Å². The quantitative estimate of drug-likeness (QED) is 0.660. The van der Waals surface area contributed by atoms with Gasteiger partial charge in [-0.2, -0.15) is 0 Å². The number of amides is 2. The van der Waals surface area contributed by atoms with Crippen molar-refractivity contribution in [1.82, 2.24) is 5.32 Å². The summed E-state index contributed by atoms with van der Waals surface area (Å²) in [6.45, 7) is 2.84.